The van der Waals surface area contributed by atoms with Crippen molar-refractivity contribution in [2.75, 3.05) is 56.5 Å². The molecule has 5 aromatic rings. The fraction of sp³-hybridized carbons (Fsp3) is 0.348. The molecule has 2 aliphatic heterocycles. The largest absolute Gasteiger partial charge is 0.506 e. The average Bonchev–Trinajstić information content (AvgIpc) is 3.27. The van der Waals surface area contributed by atoms with Gasteiger partial charge in [-0.3, -0.25) is 20.2 Å². The van der Waals surface area contributed by atoms with Crippen LogP contribution in [-0.2, 0) is 20.8 Å². The summed E-state index contributed by atoms with van der Waals surface area (Å²) in [5, 5.41) is 30.4. The Morgan fingerprint density at radius 2 is 1.53 bits per heavy atom. The van der Waals surface area contributed by atoms with Gasteiger partial charge in [-0.1, -0.05) is 66.7 Å². The monoisotopic (exact) mass is 816 g/mol. The first kappa shape index (κ1) is 41.9. The highest BCUT2D eigenvalue weighted by Crippen LogP contribution is 2.30. The summed E-state index contributed by atoms with van der Waals surface area (Å²) in [7, 11) is 0. The molecule has 0 saturated carbocycles. The number of aromatic nitrogens is 1. The Bertz CT molecular complexity index is 2290. The molecule has 0 unspecified atom stereocenters. The lowest BCUT2D eigenvalue weighted by atomic mass is 9.97. The minimum Gasteiger partial charge on any atom is -0.506 e. The number of nitrogens with one attached hydrogen (secondary N) is 4. The van der Waals surface area contributed by atoms with Gasteiger partial charge in [-0.2, -0.15) is 0 Å². The highest BCUT2D eigenvalue weighted by atomic mass is 16.6. The van der Waals surface area contributed by atoms with E-state index in [1.54, 1.807) is 24.3 Å². The Kier molecular flexibility index (Phi) is 14.1. The number of phenols is 1. The molecule has 7 rings (SSSR count). The molecule has 14 heteroatoms. The van der Waals surface area contributed by atoms with E-state index in [9.17, 15) is 29.4 Å². The number of para-hydroxylation sites is 1. The first-order valence-corrected chi connectivity index (χ1v) is 20.6. The minimum atomic E-state index is -0.872. The molecule has 314 valence electrons. The number of aromatic amines is 1. The molecule has 0 aliphatic carbocycles. The van der Waals surface area contributed by atoms with Crippen LogP contribution >= 0.6 is 0 Å². The number of aliphatic hydroxyl groups is 1. The lowest BCUT2D eigenvalue weighted by Gasteiger charge is -2.34. The second kappa shape index (κ2) is 20.2. The highest BCUT2D eigenvalue weighted by Gasteiger charge is 2.26. The predicted molar refractivity (Wildman–Crippen MR) is 230 cm³/mol. The van der Waals surface area contributed by atoms with Gasteiger partial charge in [0.2, 0.25) is 11.5 Å². The fourth-order valence-electron chi connectivity index (χ4n) is 7.83. The molecule has 1 aromatic heterocycles. The summed E-state index contributed by atoms with van der Waals surface area (Å²) in [4.78, 5) is 56.9. The zero-order valence-electron chi connectivity index (χ0n) is 33.5. The summed E-state index contributed by atoms with van der Waals surface area (Å²) in [5.74, 6) is 0.240. The summed E-state index contributed by atoms with van der Waals surface area (Å²) in [5.41, 5.74) is 4.72. The maximum Gasteiger partial charge on any atom is 0.411 e. The molecule has 3 heterocycles. The third-order valence-electron chi connectivity index (χ3n) is 11.2. The number of aromatic hydroxyl groups is 1. The number of fused-ring (bicyclic) bond motifs is 1. The molecule has 1 atom stereocenters. The van der Waals surface area contributed by atoms with Crippen LogP contribution in [-0.4, -0.2) is 95.1 Å². The van der Waals surface area contributed by atoms with E-state index in [4.69, 9.17) is 9.47 Å². The van der Waals surface area contributed by atoms with E-state index in [2.05, 4.69) is 25.8 Å². The van der Waals surface area contributed by atoms with Crippen molar-refractivity contribution in [3.05, 3.63) is 125 Å². The number of piperidine rings is 2. The van der Waals surface area contributed by atoms with Crippen LogP contribution in [0.15, 0.2) is 108 Å². The van der Waals surface area contributed by atoms with Gasteiger partial charge in [0.15, 0.2) is 0 Å². The Morgan fingerprint density at radius 3 is 2.30 bits per heavy atom. The van der Waals surface area contributed by atoms with E-state index in [0.29, 0.717) is 67.8 Å². The number of rotatable bonds is 14. The van der Waals surface area contributed by atoms with E-state index < -0.39 is 18.3 Å². The smallest absolute Gasteiger partial charge is 0.411 e. The number of hydrogen-bond acceptors (Lipinski definition) is 10. The SMILES string of the molecule is O=C(Nc1ccc(CNC[C@H](O)c2ccc(O)c3[nH]c(=O)ccc23)cc1)OCC1CCN(C(=O)CCN2CCC(OC(=O)Nc3ccccc3-c3ccccc3)CC2)CC1. The number of amides is 3. The topological polar surface area (TPSA) is 186 Å². The first-order valence-electron chi connectivity index (χ1n) is 20.6. The molecule has 0 radical (unpaired) electrons. The number of phenolic OH excluding ortho intramolecular Hbond substituents is 1. The number of carbonyl (C=O) groups is 3. The molecular formula is C46H52N6O8. The number of anilines is 2. The molecule has 60 heavy (non-hydrogen) atoms. The van der Waals surface area contributed by atoms with E-state index in [1.165, 1.54) is 12.1 Å². The van der Waals surface area contributed by atoms with Gasteiger partial charge >= 0.3 is 12.2 Å². The Labute approximate surface area is 348 Å². The van der Waals surface area contributed by atoms with Crippen molar-refractivity contribution in [1.29, 1.82) is 0 Å². The molecule has 14 nitrogen and oxygen atoms in total. The van der Waals surface area contributed by atoms with Gasteiger partial charge < -0.3 is 39.8 Å². The van der Waals surface area contributed by atoms with E-state index >= 15 is 0 Å². The lowest BCUT2D eigenvalue weighted by molar-refractivity contribution is -0.133. The molecule has 2 fully saturated rings. The summed E-state index contributed by atoms with van der Waals surface area (Å²) < 4.78 is 11.3. The van der Waals surface area contributed by atoms with Gasteiger partial charge in [-0.25, -0.2) is 9.59 Å². The number of H-pyrrole nitrogens is 1. The van der Waals surface area contributed by atoms with Crippen LogP contribution in [0.25, 0.3) is 22.0 Å². The zero-order chi connectivity index (χ0) is 41.8. The van der Waals surface area contributed by atoms with Crippen molar-refractivity contribution in [3.63, 3.8) is 0 Å². The van der Waals surface area contributed by atoms with Crippen molar-refractivity contribution in [1.82, 2.24) is 20.1 Å². The number of likely N-dealkylation sites (tertiary alicyclic amines) is 2. The number of hydrogen-bond donors (Lipinski definition) is 6. The van der Waals surface area contributed by atoms with Crippen LogP contribution in [0.1, 0.15) is 49.3 Å². The standard InChI is InChI=1S/C46H52N6O8/c53-40-16-14-37(38-15-17-42(55)50-44(38)40)41(54)29-47-28-31-10-12-34(13-11-31)48-45(57)59-30-32-18-26-52(27-19-32)43(56)22-25-51-23-20-35(21-24-51)60-46(58)49-39-9-5-4-8-36(39)33-6-2-1-3-7-33/h1-17,32,35,41,47,53-54H,18-30H2,(H,48,57)(H,49,58)(H,50,55)/t41-/m0/s1. The number of carbonyl (C=O) groups excluding carboxylic acids is 3. The highest BCUT2D eigenvalue weighted by molar-refractivity contribution is 5.91. The van der Waals surface area contributed by atoms with Crippen molar-refractivity contribution in [3.8, 4) is 16.9 Å². The van der Waals surface area contributed by atoms with Crippen LogP contribution in [0.3, 0.4) is 0 Å². The lowest BCUT2D eigenvalue weighted by Crippen LogP contribution is -2.43. The first-order chi connectivity index (χ1) is 29.2. The molecule has 0 spiro atoms. The van der Waals surface area contributed by atoms with Gasteiger partial charge in [-0.15, -0.1) is 0 Å². The third-order valence-corrected chi connectivity index (χ3v) is 11.2. The van der Waals surface area contributed by atoms with Crippen LogP contribution in [0.4, 0.5) is 21.0 Å². The number of pyridine rings is 1. The van der Waals surface area contributed by atoms with Gasteiger partial charge in [-0.05, 0) is 78.6 Å². The summed E-state index contributed by atoms with van der Waals surface area (Å²) in [6.45, 7) is 4.43. The number of benzene rings is 4. The van der Waals surface area contributed by atoms with Crippen LogP contribution < -0.4 is 21.5 Å². The normalized spacial score (nSPS) is 15.7. The number of ether oxygens (including phenoxy) is 2. The van der Waals surface area contributed by atoms with Crippen molar-refractivity contribution >= 4 is 40.4 Å². The summed E-state index contributed by atoms with van der Waals surface area (Å²) in [6.07, 6.45) is 1.34. The molecule has 4 aromatic carbocycles. The van der Waals surface area contributed by atoms with Gasteiger partial charge in [0.1, 0.15) is 11.9 Å². The van der Waals surface area contributed by atoms with Gasteiger partial charge in [0.25, 0.3) is 0 Å². The molecular weight excluding hydrogens is 765 g/mol. The van der Waals surface area contributed by atoms with Gasteiger partial charge in [0.05, 0.1) is 23.9 Å². The van der Waals surface area contributed by atoms with Crippen LogP contribution in [0, 0.1) is 5.92 Å². The van der Waals surface area contributed by atoms with Crippen molar-refractivity contribution in [2.24, 2.45) is 5.92 Å². The second-order valence-corrected chi connectivity index (χ2v) is 15.4. The Hall–Kier alpha value is -6.22. The molecule has 2 saturated heterocycles. The second-order valence-electron chi connectivity index (χ2n) is 15.4. The summed E-state index contributed by atoms with van der Waals surface area (Å²) >= 11 is 0. The maximum absolute atomic E-state index is 13.1. The predicted octanol–water partition coefficient (Wildman–Crippen LogP) is 6.61. The van der Waals surface area contributed by atoms with Crippen molar-refractivity contribution < 1.29 is 34.1 Å². The Morgan fingerprint density at radius 1 is 0.800 bits per heavy atom. The van der Waals surface area contributed by atoms with Gasteiger partial charge in [0, 0.05) is 74.9 Å². The number of aliphatic hydroxyl groups excluding tert-OH is 1. The zero-order valence-corrected chi connectivity index (χ0v) is 33.5. The molecule has 6 N–H and O–H groups in total. The quantitative estimate of drug-likeness (QED) is 0.0713. The Balaban J connectivity index is 0.743. The minimum absolute atomic E-state index is 0.0612. The molecule has 2 aliphatic rings. The van der Waals surface area contributed by atoms with E-state index in [-0.39, 0.29) is 47.9 Å². The number of nitrogens with zero attached hydrogens (tertiary/aromatic N) is 2. The third kappa shape index (κ3) is 11.3. The maximum atomic E-state index is 13.1. The fourth-order valence-corrected chi connectivity index (χ4v) is 7.83. The van der Waals surface area contributed by atoms with Crippen molar-refractivity contribution in [2.45, 2.75) is 50.9 Å². The van der Waals surface area contributed by atoms with E-state index in [0.717, 1.165) is 42.6 Å². The summed E-state index contributed by atoms with van der Waals surface area (Å²) in [6, 6.07) is 30.9. The average molecular weight is 817 g/mol. The van der Waals surface area contributed by atoms with E-state index in [1.807, 2.05) is 71.6 Å². The van der Waals surface area contributed by atoms with Crippen LogP contribution in [0.5, 0.6) is 5.75 Å². The van der Waals surface area contributed by atoms with Crippen LogP contribution in [0.2, 0.25) is 0 Å². The molecule has 3 amide bonds. The molecule has 0 bridgehead atoms.